The summed E-state index contributed by atoms with van der Waals surface area (Å²) in [7, 11) is 0. The molecule has 2 aromatic heterocycles. The van der Waals surface area contributed by atoms with E-state index in [2.05, 4.69) is 74.5 Å². The molecule has 0 amide bonds. The second kappa shape index (κ2) is 11.8. The Kier molecular flexibility index (Phi) is 8.00. The fourth-order valence-electron chi connectivity index (χ4n) is 6.10. The van der Waals surface area contributed by atoms with Gasteiger partial charge in [0.25, 0.3) is 0 Å². The van der Waals surface area contributed by atoms with Crippen LogP contribution in [-0.4, -0.2) is 0 Å². The molecule has 4 aromatic carbocycles. The van der Waals surface area contributed by atoms with Crippen LogP contribution in [0.4, 0.5) is 0 Å². The van der Waals surface area contributed by atoms with Gasteiger partial charge in [-0.05, 0) is 105 Å². The van der Waals surface area contributed by atoms with E-state index >= 15 is 0 Å². The standard InChI is InChI=1S/C36H40S2/c1-3-5-7-9-11-13-29-19-27-21-33-25(23-35(27)37-29)15-17-32-31(33)18-16-26-24-36-28(22-34(26)32)20-30(38-36)14-12-10-8-6-4-2/h15-24H,3-14H2,1-2H3. The number of thiophene rings is 2. The number of fused-ring (bicyclic) bond motifs is 7. The van der Waals surface area contributed by atoms with E-state index in [1.807, 2.05) is 22.7 Å². The van der Waals surface area contributed by atoms with Crippen LogP contribution in [0, 0.1) is 0 Å². The van der Waals surface area contributed by atoms with Gasteiger partial charge in [-0.25, -0.2) is 0 Å². The average Bonchev–Trinajstić information content (AvgIpc) is 3.52. The normalized spacial score (nSPS) is 12.2. The van der Waals surface area contributed by atoms with Gasteiger partial charge in [0, 0.05) is 19.2 Å². The minimum atomic E-state index is 1.22. The first kappa shape index (κ1) is 25.8. The molecule has 0 saturated carbocycles. The topological polar surface area (TPSA) is 0 Å². The molecule has 2 heterocycles. The van der Waals surface area contributed by atoms with E-state index in [1.54, 1.807) is 9.75 Å². The lowest BCUT2D eigenvalue weighted by Gasteiger charge is -2.08. The number of hydrogen-bond donors (Lipinski definition) is 0. The van der Waals surface area contributed by atoms with Crippen molar-refractivity contribution in [1.29, 1.82) is 0 Å². The molecule has 0 saturated heterocycles. The van der Waals surface area contributed by atoms with E-state index in [1.165, 1.54) is 130 Å². The first-order valence-electron chi connectivity index (χ1n) is 15.0. The first-order valence-corrected chi connectivity index (χ1v) is 16.6. The van der Waals surface area contributed by atoms with Crippen molar-refractivity contribution in [3.05, 3.63) is 70.4 Å². The molecule has 0 aliphatic heterocycles. The Balaban J connectivity index is 1.31. The third kappa shape index (κ3) is 5.36. The van der Waals surface area contributed by atoms with Crippen molar-refractivity contribution in [2.24, 2.45) is 0 Å². The second-order valence-electron chi connectivity index (χ2n) is 11.2. The van der Waals surface area contributed by atoms with Gasteiger partial charge in [-0.2, -0.15) is 0 Å². The Hall–Kier alpha value is -2.42. The van der Waals surface area contributed by atoms with Crippen LogP contribution in [0.3, 0.4) is 0 Å². The van der Waals surface area contributed by atoms with Crippen LogP contribution in [0.25, 0.3) is 52.5 Å². The molecule has 0 atom stereocenters. The van der Waals surface area contributed by atoms with E-state index < -0.39 is 0 Å². The van der Waals surface area contributed by atoms with Gasteiger partial charge in [-0.1, -0.05) is 89.5 Å². The molecule has 0 N–H and O–H groups in total. The fourth-order valence-corrected chi connectivity index (χ4v) is 8.38. The van der Waals surface area contributed by atoms with Crippen LogP contribution in [0.2, 0.25) is 0 Å². The van der Waals surface area contributed by atoms with Gasteiger partial charge in [0.05, 0.1) is 0 Å². The number of aryl methyl sites for hydroxylation is 2. The molecule has 0 fully saturated rings. The Bertz CT molecular complexity index is 1570. The van der Waals surface area contributed by atoms with Crippen molar-refractivity contribution in [2.45, 2.75) is 90.9 Å². The molecule has 0 spiro atoms. The highest BCUT2D eigenvalue weighted by atomic mass is 32.1. The van der Waals surface area contributed by atoms with Crippen LogP contribution in [0.15, 0.2) is 60.7 Å². The number of benzene rings is 4. The summed E-state index contributed by atoms with van der Waals surface area (Å²) >= 11 is 4.00. The third-order valence-electron chi connectivity index (χ3n) is 8.26. The Morgan fingerprint density at radius 1 is 0.421 bits per heavy atom. The van der Waals surface area contributed by atoms with Crippen LogP contribution < -0.4 is 0 Å². The first-order chi connectivity index (χ1) is 18.7. The van der Waals surface area contributed by atoms with Crippen molar-refractivity contribution in [2.75, 3.05) is 0 Å². The lowest BCUT2D eigenvalue weighted by molar-refractivity contribution is 0.634. The highest BCUT2D eigenvalue weighted by Gasteiger charge is 2.11. The highest BCUT2D eigenvalue weighted by Crippen LogP contribution is 2.38. The molecule has 0 aliphatic carbocycles. The van der Waals surface area contributed by atoms with E-state index in [-0.39, 0.29) is 0 Å². The summed E-state index contributed by atoms with van der Waals surface area (Å²) in [4.78, 5) is 3.09. The summed E-state index contributed by atoms with van der Waals surface area (Å²) < 4.78 is 2.87. The van der Waals surface area contributed by atoms with Crippen molar-refractivity contribution < 1.29 is 0 Å². The molecule has 0 bridgehead atoms. The highest BCUT2D eigenvalue weighted by molar-refractivity contribution is 7.19. The average molecular weight is 537 g/mol. The zero-order chi connectivity index (χ0) is 25.9. The maximum Gasteiger partial charge on any atom is 0.0352 e. The van der Waals surface area contributed by atoms with Gasteiger partial charge in [0.1, 0.15) is 0 Å². The summed E-state index contributed by atoms with van der Waals surface area (Å²) in [6.07, 6.45) is 15.9. The maximum absolute atomic E-state index is 2.46. The van der Waals surface area contributed by atoms with E-state index in [4.69, 9.17) is 0 Å². The smallest absolute Gasteiger partial charge is 0.0352 e. The molecule has 2 heteroatoms. The van der Waals surface area contributed by atoms with Gasteiger partial charge in [-0.3, -0.25) is 0 Å². The summed E-state index contributed by atoms with van der Waals surface area (Å²) in [5.74, 6) is 0. The largest absolute Gasteiger partial charge is 0.140 e. The quantitative estimate of drug-likeness (QED) is 0.108. The van der Waals surface area contributed by atoms with E-state index in [0.717, 1.165) is 0 Å². The van der Waals surface area contributed by atoms with Gasteiger partial charge in [0.15, 0.2) is 0 Å². The molecule has 6 rings (SSSR count). The van der Waals surface area contributed by atoms with E-state index in [9.17, 15) is 0 Å². The van der Waals surface area contributed by atoms with Crippen LogP contribution in [-0.2, 0) is 12.8 Å². The SMILES string of the molecule is CCCCCCCc1cc2cc3c(ccc4c5cc6cc(CCCCCCC)sc6cc5ccc34)cc2s1. The zero-order valence-electron chi connectivity index (χ0n) is 23.1. The molecule has 38 heavy (non-hydrogen) atoms. The molecular weight excluding hydrogens is 497 g/mol. The Morgan fingerprint density at radius 3 is 1.32 bits per heavy atom. The Labute approximate surface area is 235 Å². The number of rotatable bonds is 12. The van der Waals surface area contributed by atoms with Crippen LogP contribution >= 0.6 is 22.7 Å². The predicted molar refractivity (Wildman–Crippen MR) is 175 cm³/mol. The molecule has 0 aliphatic rings. The summed E-state index contributed by atoms with van der Waals surface area (Å²) in [6, 6.07) is 24.1. The van der Waals surface area contributed by atoms with Crippen molar-refractivity contribution in [3.63, 3.8) is 0 Å². The predicted octanol–water partition coefficient (Wildman–Crippen LogP) is 12.6. The van der Waals surface area contributed by atoms with E-state index in [0.29, 0.717) is 0 Å². The number of hydrogen-bond acceptors (Lipinski definition) is 2. The zero-order valence-corrected chi connectivity index (χ0v) is 24.7. The van der Waals surface area contributed by atoms with Crippen molar-refractivity contribution in [1.82, 2.24) is 0 Å². The minimum absolute atomic E-state index is 1.22. The summed E-state index contributed by atoms with van der Waals surface area (Å²) in [6.45, 7) is 4.58. The van der Waals surface area contributed by atoms with Gasteiger partial charge < -0.3 is 0 Å². The summed E-state index contributed by atoms with van der Waals surface area (Å²) in [5, 5.41) is 11.1. The molecule has 6 aromatic rings. The van der Waals surface area contributed by atoms with Crippen LogP contribution in [0.5, 0.6) is 0 Å². The Morgan fingerprint density at radius 2 is 0.868 bits per heavy atom. The van der Waals surface area contributed by atoms with Crippen LogP contribution in [0.1, 0.15) is 87.8 Å². The molecule has 0 unspecified atom stereocenters. The molecule has 196 valence electrons. The minimum Gasteiger partial charge on any atom is -0.140 e. The van der Waals surface area contributed by atoms with Gasteiger partial charge >= 0.3 is 0 Å². The molecule has 0 radical (unpaired) electrons. The molecular formula is C36H40S2. The maximum atomic E-state index is 2.46. The van der Waals surface area contributed by atoms with Gasteiger partial charge in [0.2, 0.25) is 0 Å². The molecule has 0 nitrogen and oxygen atoms in total. The monoisotopic (exact) mass is 536 g/mol. The summed E-state index contributed by atoms with van der Waals surface area (Å²) in [5.41, 5.74) is 0. The van der Waals surface area contributed by atoms with Crippen molar-refractivity contribution in [3.8, 4) is 0 Å². The third-order valence-corrected chi connectivity index (χ3v) is 10.6. The number of unbranched alkanes of at least 4 members (excludes halogenated alkanes) is 8. The van der Waals surface area contributed by atoms with Crippen molar-refractivity contribution >= 4 is 75.2 Å². The lowest BCUT2D eigenvalue weighted by atomic mass is 9.96. The lowest BCUT2D eigenvalue weighted by Crippen LogP contribution is -1.82. The van der Waals surface area contributed by atoms with Gasteiger partial charge in [-0.15, -0.1) is 22.7 Å². The second-order valence-corrected chi connectivity index (χ2v) is 13.5. The fraction of sp³-hybridized carbons (Fsp3) is 0.389.